The molecule has 16 heavy (non-hydrogen) atoms. The lowest BCUT2D eigenvalue weighted by Gasteiger charge is -2.22. The molecule has 0 spiro atoms. The van der Waals surface area contributed by atoms with Crippen LogP contribution in [0.3, 0.4) is 0 Å². The Morgan fingerprint density at radius 1 is 1.38 bits per heavy atom. The minimum Gasteiger partial charge on any atom is -0.508 e. The third-order valence-electron chi connectivity index (χ3n) is 2.84. The minimum absolute atomic E-state index is 0.224. The van der Waals surface area contributed by atoms with Crippen molar-refractivity contribution in [3.05, 3.63) is 29.8 Å². The number of hydrogen-bond donors (Lipinski definition) is 2. The number of aromatic hydroxyl groups is 1. The summed E-state index contributed by atoms with van der Waals surface area (Å²) in [6.45, 7) is 3.59. The molecule has 1 heterocycles. The van der Waals surface area contributed by atoms with Crippen LogP contribution in [0, 0.1) is 0 Å². The number of aliphatic hydroxyl groups is 1. The Labute approximate surface area is 94.2 Å². The van der Waals surface area contributed by atoms with Gasteiger partial charge in [-0.15, -0.1) is 0 Å². The van der Waals surface area contributed by atoms with Crippen LogP contribution in [-0.2, 0) is 10.4 Å². The number of nitrogens with zero attached hydrogens (tertiary/aromatic N) is 1. The fourth-order valence-corrected chi connectivity index (χ4v) is 1.76. The first-order valence-electron chi connectivity index (χ1n) is 5.24. The molecule has 2 rings (SSSR count). The molecule has 2 unspecified atom stereocenters. The van der Waals surface area contributed by atoms with E-state index < -0.39 is 11.7 Å². The van der Waals surface area contributed by atoms with Crippen molar-refractivity contribution in [3.8, 4) is 5.75 Å². The maximum absolute atomic E-state index is 9.42. The van der Waals surface area contributed by atoms with Crippen molar-refractivity contribution in [3.63, 3.8) is 0 Å². The van der Waals surface area contributed by atoms with E-state index in [1.807, 2.05) is 6.92 Å². The SMILES string of the molecule is CC(O)C1=NOC(C)(c2ccc(O)cc2)C1. The van der Waals surface area contributed by atoms with Crippen LogP contribution in [0.15, 0.2) is 29.4 Å². The van der Waals surface area contributed by atoms with Gasteiger partial charge >= 0.3 is 0 Å². The quantitative estimate of drug-likeness (QED) is 0.800. The Morgan fingerprint density at radius 2 is 2.00 bits per heavy atom. The first-order valence-corrected chi connectivity index (χ1v) is 5.24. The summed E-state index contributed by atoms with van der Waals surface area (Å²) in [6.07, 6.45) is -0.0194. The number of phenols is 1. The molecular weight excluding hydrogens is 206 g/mol. The van der Waals surface area contributed by atoms with Gasteiger partial charge in [-0.3, -0.25) is 0 Å². The molecule has 4 heteroatoms. The first kappa shape index (κ1) is 11.0. The number of aliphatic hydroxyl groups excluding tert-OH is 1. The molecule has 86 valence electrons. The van der Waals surface area contributed by atoms with Crippen molar-refractivity contribution in [2.75, 3.05) is 0 Å². The van der Waals surface area contributed by atoms with E-state index >= 15 is 0 Å². The summed E-state index contributed by atoms with van der Waals surface area (Å²) in [5, 5.41) is 22.5. The van der Waals surface area contributed by atoms with Gasteiger partial charge in [-0.25, -0.2) is 0 Å². The normalized spacial score (nSPS) is 26.1. The molecule has 1 aliphatic heterocycles. The van der Waals surface area contributed by atoms with Crippen molar-refractivity contribution in [1.82, 2.24) is 0 Å². The zero-order valence-corrected chi connectivity index (χ0v) is 9.34. The predicted molar refractivity (Wildman–Crippen MR) is 60.3 cm³/mol. The molecule has 0 bridgehead atoms. The maximum atomic E-state index is 9.42. The number of benzene rings is 1. The molecule has 0 fully saturated rings. The Morgan fingerprint density at radius 3 is 2.50 bits per heavy atom. The molecule has 0 aromatic heterocycles. The standard InChI is InChI=1S/C12H15NO3/c1-8(14)11-7-12(2,16-13-11)9-3-5-10(15)6-4-9/h3-6,8,14-15H,7H2,1-2H3. The van der Waals surface area contributed by atoms with E-state index in [4.69, 9.17) is 4.84 Å². The van der Waals surface area contributed by atoms with Crippen molar-refractivity contribution in [2.45, 2.75) is 32.0 Å². The lowest BCUT2D eigenvalue weighted by molar-refractivity contribution is -0.00741. The summed E-state index contributed by atoms with van der Waals surface area (Å²) < 4.78 is 0. The fraction of sp³-hybridized carbons (Fsp3) is 0.417. The van der Waals surface area contributed by atoms with Crippen LogP contribution in [0.1, 0.15) is 25.8 Å². The third-order valence-corrected chi connectivity index (χ3v) is 2.84. The monoisotopic (exact) mass is 221 g/mol. The Hall–Kier alpha value is -1.55. The zero-order valence-electron chi connectivity index (χ0n) is 9.34. The highest BCUT2D eigenvalue weighted by molar-refractivity contribution is 5.89. The second-order valence-electron chi connectivity index (χ2n) is 4.30. The van der Waals surface area contributed by atoms with E-state index in [1.165, 1.54) is 0 Å². The highest BCUT2D eigenvalue weighted by Gasteiger charge is 2.37. The van der Waals surface area contributed by atoms with Crippen molar-refractivity contribution >= 4 is 5.71 Å². The van der Waals surface area contributed by atoms with Gasteiger partial charge in [0.1, 0.15) is 5.75 Å². The number of rotatable bonds is 2. The topological polar surface area (TPSA) is 62.1 Å². The van der Waals surface area contributed by atoms with Gasteiger partial charge in [0.05, 0.1) is 11.8 Å². The van der Waals surface area contributed by atoms with Crippen LogP contribution < -0.4 is 0 Å². The van der Waals surface area contributed by atoms with Gasteiger partial charge in [0.15, 0.2) is 5.60 Å². The molecule has 1 aliphatic rings. The van der Waals surface area contributed by atoms with Gasteiger partial charge in [-0.05, 0) is 31.5 Å². The van der Waals surface area contributed by atoms with E-state index in [0.717, 1.165) is 5.56 Å². The Kier molecular flexibility index (Phi) is 2.59. The van der Waals surface area contributed by atoms with E-state index in [9.17, 15) is 10.2 Å². The van der Waals surface area contributed by atoms with Crippen molar-refractivity contribution < 1.29 is 15.1 Å². The average molecular weight is 221 g/mol. The summed E-state index contributed by atoms with van der Waals surface area (Å²) in [7, 11) is 0. The molecule has 2 atom stereocenters. The lowest BCUT2D eigenvalue weighted by Crippen LogP contribution is -2.24. The summed E-state index contributed by atoms with van der Waals surface area (Å²) >= 11 is 0. The summed E-state index contributed by atoms with van der Waals surface area (Å²) in [5.74, 6) is 0.224. The van der Waals surface area contributed by atoms with Gasteiger partial charge in [0.2, 0.25) is 0 Å². The first-order chi connectivity index (χ1) is 7.51. The minimum atomic E-state index is -0.584. The largest absolute Gasteiger partial charge is 0.508 e. The Bertz CT molecular complexity index is 411. The van der Waals surface area contributed by atoms with Crippen LogP contribution in [0.5, 0.6) is 5.75 Å². The molecule has 0 saturated heterocycles. The molecular formula is C12H15NO3. The van der Waals surface area contributed by atoms with Gasteiger partial charge in [0, 0.05) is 6.42 Å². The van der Waals surface area contributed by atoms with Crippen LogP contribution in [0.25, 0.3) is 0 Å². The second kappa shape index (κ2) is 3.79. The summed E-state index contributed by atoms with van der Waals surface area (Å²) in [4.78, 5) is 5.39. The smallest absolute Gasteiger partial charge is 0.165 e. The van der Waals surface area contributed by atoms with E-state index in [1.54, 1.807) is 31.2 Å². The van der Waals surface area contributed by atoms with Gasteiger partial charge in [-0.2, -0.15) is 0 Å². The Balaban J connectivity index is 2.20. The third kappa shape index (κ3) is 1.88. The number of oxime groups is 1. The van der Waals surface area contributed by atoms with Gasteiger partial charge in [0.25, 0.3) is 0 Å². The molecule has 0 aliphatic carbocycles. The van der Waals surface area contributed by atoms with Crippen LogP contribution in [0.4, 0.5) is 0 Å². The van der Waals surface area contributed by atoms with Gasteiger partial charge < -0.3 is 15.1 Å². The highest BCUT2D eigenvalue weighted by atomic mass is 16.7. The molecule has 0 amide bonds. The zero-order chi connectivity index (χ0) is 11.8. The fourth-order valence-electron chi connectivity index (χ4n) is 1.76. The van der Waals surface area contributed by atoms with Crippen LogP contribution in [-0.4, -0.2) is 22.0 Å². The molecule has 1 aromatic rings. The number of phenolic OH excluding ortho intramolecular Hbond substituents is 1. The van der Waals surface area contributed by atoms with Crippen LogP contribution in [0.2, 0.25) is 0 Å². The molecule has 2 N–H and O–H groups in total. The van der Waals surface area contributed by atoms with E-state index in [-0.39, 0.29) is 5.75 Å². The van der Waals surface area contributed by atoms with Gasteiger partial charge in [-0.1, -0.05) is 17.3 Å². The average Bonchev–Trinajstić information content (AvgIpc) is 2.63. The van der Waals surface area contributed by atoms with Crippen LogP contribution >= 0.6 is 0 Å². The molecule has 0 saturated carbocycles. The number of hydrogen-bond acceptors (Lipinski definition) is 4. The summed E-state index contributed by atoms with van der Waals surface area (Å²) in [6, 6.07) is 6.83. The van der Waals surface area contributed by atoms with E-state index in [0.29, 0.717) is 12.1 Å². The lowest BCUT2D eigenvalue weighted by atomic mass is 9.90. The summed E-state index contributed by atoms with van der Waals surface area (Å²) in [5.41, 5.74) is 1.04. The predicted octanol–water partition coefficient (Wildman–Crippen LogP) is 1.76. The van der Waals surface area contributed by atoms with Crippen molar-refractivity contribution in [2.24, 2.45) is 5.16 Å². The molecule has 0 radical (unpaired) electrons. The van der Waals surface area contributed by atoms with E-state index in [2.05, 4.69) is 5.16 Å². The molecule has 4 nitrogen and oxygen atoms in total. The highest BCUT2D eigenvalue weighted by Crippen LogP contribution is 2.35. The molecule has 1 aromatic carbocycles. The second-order valence-corrected chi connectivity index (χ2v) is 4.30. The maximum Gasteiger partial charge on any atom is 0.165 e. The van der Waals surface area contributed by atoms with Crippen molar-refractivity contribution in [1.29, 1.82) is 0 Å².